The van der Waals surface area contributed by atoms with Crippen LogP contribution < -0.4 is 10.6 Å². The lowest BCUT2D eigenvalue weighted by molar-refractivity contribution is 0.119. The van der Waals surface area contributed by atoms with Crippen molar-refractivity contribution in [1.29, 1.82) is 0 Å². The molecule has 5 nitrogen and oxygen atoms in total. The van der Waals surface area contributed by atoms with Gasteiger partial charge in [0.25, 0.3) is 0 Å². The van der Waals surface area contributed by atoms with Gasteiger partial charge < -0.3 is 15.5 Å². The summed E-state index contributed by atoms with van der Waals surface area (Å²) in [6, 6.07) is 1.39. The number of aromatic nitrogens is 1. The Balaban J connectivity index is 1.47. The molecule has 3 rings (SSSR count). The maximum atomic E-state index is 4.73. The summed E-state index contributed by atoms with van der Waals surface area (Å²) in [4.78, 5) is 13.1. The normalized spacial score (nSPS) is 21.4. The molecule has 1 aliphatic carbocycles. The second-order valence-electron chi connectivity index (χ2n) is 7.31. The van der Waals surface area contributed by atoms with Gasteiger partial charge in [0.15, 0.2) is 5.96 Å². The summed E-state index contributed by atoms with van der Waals surface area (Å²) in [6.07, 6.45) is 11.5. The fourth-order valence-corrected chi connectivity index (χ4v) is 4.70. The van der Waals surface area contributed by atoms with Crippen LogP contribution in [0.3, 0.4) is 0 Å². The third-order valence-corrected chi connectivity index (χ3v) is 6.24. The topological polar surface area (TPSA) is 52.6 Å². The molecule has 0 bridgehead atoms. The molecule has 1 aliphatic heterocycles. The van der Waals surface area contributed by atoms with Crippen molar-refractivity contribution in [2.45, 2.75) is 77.4 Å². The molecule has 2 heterocycles. The molecule has 6 heteroatoms. The van der Waals surface area contributed by atoms with Gasteiger partial charge in [0.1, 0.15) is 5.01 Å². The van der Waals surface area contributed by atoms with E-state index < -0.39 is 0 Å². The van der Waals surface area contributed by atoms with Gasteiger partial charge in [-0.1, -0.05) is 19.3 Å². The maximum absolute atomic E-state index is 4.73. The standard InChI is InChI=1S/C19H33N5S/c1-3-20-19(22-14-18-21-13-15(2)25-18)23-16-9-11-24(12-10-16)17-7-5-4-6-8-17/h13,16-17H,3-12,14H2,1-2H3,(H2,20,22,23). The number of nitrogens with one attached hydrogen (secondary N) is 2. The monoisotopic (exact) mass is 363 g/mol. The van der Waals surface area contributed by atoms with Crippen LogP contribution in [0.25, 0.3) is 0 Å². The van der Waals surface area contributed by atoms with Crippen LogP contribution in [0.1, 0.15) is 61.8 Å². The molecule has 2 aliphatic rings. The molecule has 1 aromatic rings. The minimum atomic E-state index is 0.538. The van der Waals surface area contributed by atoms with Crippen LogP contribution in [-0.4, -0.2) is 47.6 Å². The number of nitrogens with zero attached hydrogens (tertiary/aromatic N) is 3. The van der Waals surface area contributed by atoms with Crippen LogP contribution in [-0.2, 0) is 6.54 Å². The zero-order valence-electron chi connectivity index (χ0n) is 15.8. The third kappa shape index (κ3) is 5.68. The highest BCUT2D eigenvalue weighted by Gasteiger charge is 2.26. The Kier molecular flexibility index (Phi) is 7.11. The number of aryl methyl sites for hydroxylation is 1. The second kappa shape index (κ2) is 9.53. The van der Waals surface area contributed by atoms with Gasteiger partial charge in [0, 0.05) is 42.8 Å². The zero-order chi connectivity index (χ0) is 17.5. The Bertz CT molecular complexity index is 542. The first-order valence-corrected chi connectivity index (χ1v) is 10.8. The summed E-state index contributed by atoms with van der Waals surface area (Å²) in [7, 11) is 0. The van der Waals surface area contributed by atoms with Crippen LogP contribution in [0.2, 0.25) is 0 Å². The zero-order valence-corrected chi connectivity index (χ0v) is 16.6. The Morgan fingerprint density at radius 1 is 1.24 bits per heavy atom. The first-order valence-electron chi connectivity index (χ1n) is 9.95. The van der Waals surface area contributed by atoms with Crippen LogP contribution in [0.15, 0.2) is 11.2 Å². The molecule has 1 saturated carbocycles. The second-order valence-corrected chi connectivity index (χ2v) is 8.63. The first kappa shape index (κ1) is 18.6. The van der Waals surface area contributed by atoms with E-state index in [9.17, 15) is 0 Å². The highest BCUT2D eigenvalue weighted by molar-refractivity contribution is 7.11. The van der Waals surface area contributed by atoms with E-state index in [0.29, 0.717) is 12.6 Å². The lowest BCUT2D eigenvalue weighted by Crippen LogP contribution is -2.50. The number of aliphatic imine (C=N–C) groups is 1. The molecule has 0 amide bonds. The van der Waals surface area contributed by atoms with E-state index in [-0.39, 0.29) is 0 Å². The van der Waals surface area contributed by atoms with Gasteiger partial charge in [-0.25, -0.2) is 9.98 Å². The lowest BCUT2D eigenvalue weighted by atomic mass is 9.92. The Morgan fingerprint density at radius 3 is 2.64 bits per heavy atom. The molecule has 1 saturated heterocycles. The number of rotatable bonds is 5. The van der Waals surface area contributed by atoms with Gasteiger partial charge in [-0.2, -0.15) is 0 Å². The molecule has 0 radical (unpaired) electrons. The van der Waals surface area contributed by atoms with Crippen LogP contribution in [0, 0.1) is 6.92 Å². The van der Waals surface area contributed by atoms with Gasteiger partial charge in [-0.05, 0) is 39.5 Å². The van der Waals surface area contributed by atoms with Crippen LogP contribution in [0.5, 0.6) is 0 Å². The molecule has 0 unspecified atom stereocenters. The van der Waals surface area contributed by atoms with Gasteiger partial charge in [0.2, 0.25) is 0 Å². The molecular weight excluding hydrogens is 330 g/mol. The molecule has 2 fully saturated rings. The van der Waals surface area contributed by atoms with E-state index in [1.54, 1.807) is 11.3 Å². The Labute approximate surface area is 156 Å². The van der Waals surface area contributed by atoms with Crippen molar-refractivity contribution in [3.8, 4) is 0 Å². The SMILES string of the molecule is CCNC(=NCc1ncc(C)s1)NC1CCN(C2CCCCC2)CC1. The van der Waals surface area contributed by atoms with Crippen molar-refractivity contribution in [1.82, 2.24) is 20.5 Å². The lowest BCUT2D eigenvalue weighted by Gasteiger charge is -2.39. The molecule has 25 heavy (non-hydrogen) atoms. The number of hydrogen-bond donors (Lipinski definition) is 2. The van der Waals surface area contributed by atoms with E-state index in [0.717, 1.165) is 23.6 Å². The molecule has 0 spiro atoms. The van der Waals surface area contributed by atoms with Gasteiger partial charge >= 0.3 is 0 Å². The predicted octanol–water partition coefficient (Wildman–Crippen LogP) is 3.30. The van der Waals surface area contributed by atoms with E-state index >= 15 is 0 Å². The average molecular weight is 364 g/mol. The van der Waals surface area contributed by atoms with E-state index in [2.05, 4.69) is 34.4 Å². The quantitative estimate of drug-likeness (QED) is 0.622. The fraction of sp³-hybridized carbons (Fsp3) is 0.789. The number of thiazole rings is 1. The first-order chi connectivity index (χ1) is 12.2. The van der Waals surface area contributed by atoms with Crippen molar-refractivity contribution in [2.75, 3.05) is 19.6 Å². The Hall–Kier alpha value is -1.14. The summed E-state index contributed by atoms with van der Waals surface area (Å²) in [6.45, 7) is 8.23. The van der Waals surface area contributed by atoms with E-state index in [4.69, 9.17) is 4.99 Å². The number of piperidine rings is 1. The van der Waals surface area contributed by atoms with Crippen LogP contribution >= 0.6 is 11.3 Å². The smallest absolute Gasteiger partial charge is 0.191 e. The van der Waals surface area contributed by atoms with Crippen molar-refractivity contribution >= 4 is 17.3 Å². The summed E-state index contributed by atoms with van der Waals surface area (Å²) in [5.74, 6) is 0.937. The maximum Gasteiger partial charge on any atom is 0.191 e. The van der Waals surface area contributed by atoms with E-state index in [1.165, 1.54) is 62.9 Å². The number of guanidine groups is 1. The minimum absolute atomic E-state index is 0.538. The van der Waals surface area contributed by atoms with Gasteiger partial charge in [-0.15, -0.1) is 11.3 Å². The fourth-order valence-electron chi connectivity index (χ4n) is 3.99. The molecule has 140 valence electrons. The van der Waals surface area contributed by atoms with Gasteiger partial charge in [-0.3, -0.25) is 0 Å². The van der Waals surface area contributed by atoms with Crippen molar-refractivity contribution in [3.63, 3.8) is 0 Å². The summed E-state index contributed by atoms with van der Waals surface area (Å²) < 4.78 is 0. The largest absolute Gasteiger partial charge is 0.357 e. The molecule has 2 N–H and O–H groups in total. The third-order valence-electron chi connectivity index (χ3n) is 5.35. The highest BCUT2D eigenvalue weighted by Crippen LogP contribution is 2.25. The minimum Gasteiger partial charge on any atom is -0.357 e. The van der Waals surface area contributed by atoms with Gasteiger partial charge in [0.05, 0.1) is 6.54 Å². The molecule has 0 aromatic carbocycles. The summed E-state index contributed by atoms with van der Waals surface area (Å²) >= 11 is 1.73. The average Bonchev–Trinajstić information content (AvgIpc) is 3.07. The van der Waals surface area contributed by atoms with Crippen LogP contribution in [0.4, 0.5) is 0 Å². The number of likely N-dealkylation sites (tertiary alicyclic amines) is 1. The van der Waals surface area contributed by atoms with Crippen molar-refractivity contribution in [3.05, 3.63) is 16.1 Å². The Morgan fingerprint density at radius 2 is 2.00 bits per heavy atom. The molecular formula is C19H33N5S. The van der Waals surface area contributed by atoms with E-state index in [1.807, 2.05) is 6.20 Å². The summed E-state index contributed by atoms with van der Waals surface area (Å²) in [5, 5.41) is 8.12. The molecule has 0 atom stereocenters. The number of hydrogen-bond acceptors (Lipinski definition) is 4. The summed E-state index contributed by atoms with van der Waals surface area (Å²) in [5.41, 5.74) is 0. The van der Waals surface area contributed by atoms with Crippen molar-refractivity contribution in [2.24, 2.45) is 4.99 Å². The molecule has 1 aromatic heterocycles. The highest BCUT2D eigenvalue weighted by atomic mass is 32.1. The van der Waals surface area contributed by atoms with Crippen molar-refractivity contribution < 1.29 is 0 Å². The predicted molar refractivity (Wildman–Crippen MR) is 106 cm³/mol.